The molecule has 1 aromatic rings. The summed E-state index contributed by atoms with van der Waals surface area (Å²) < 4.78 is 0. The minimum atomic E-state index is -1.08. The fraction of sp³-hybridized carbons (Fsp3) is 0.429. The van der Waals surface area contributed by atoms with Gasteiger partial charge in [0.05, 0.1) is 0 Å². The van der Waals surface area contributed by atoms with E-state index >= 15 is 0 Å². The van der Waals surface area contributed by atoms with Crippen molar-refractivity contribution in [2.75, 3.05) is 0 Å². The molecule has 0 saturated carbocycles. The van der Waals surface area contributed by atoms with Crippen LogP contribution in [0.4, 0.5) is 0 Å². The Morgan fingerprint density at radius 3 is 1.28 bits per heavy atom. The minimum absolute atomic E-state index is 0. The zero-order valence-electron chi connectivity index (χ0n) is 9.87. The summed E-state index contributed by atoms with van der Waals surface area (Å²) in [5.41, 5.74) is 0. The number of nitrogens with one attached hydrogen (secondary N) is 1. The molecule has 11 heteroatoms. The molecule has 0 amide bonds. The van der Waals surface area contributed by atoms with Crippen LogP contribution in [0.2, 0.25) is 0 Å². The molecular formula is C7H11CeN4O6. The summed E-state index contributed by atoms with van der Waals surface area (Å²) in [4.78, 5) is 26.7. The molecule has 1 aromatic heterocycles. The van der Waals surface area contributed by atoms with Crippen LogP contribution in [0.15, 0.2) is 6.33 Å². The quantitative estimate of drug-likeness (QED) is 0.459. The van der Waals surface area contributed by atoms with E-state index in [-0.39, 0.29) is 41.7 Å². The Morgan fingerprint density at radius 1 is 0.944 bits per heavy atom. The molecule has 0 saturated heterocycles. The van der Waals surface area contributed by atoms with Crippen molar-refractivity contribution in [1.82, 2.24) is 20.6 Å². The molecule has 1 rings (SSSR count). The molecular weight excluding hydrogens is 376 g/mol. The number of carboxylic acid groups (broad SMARTS) is 3. The molecule has 0 aliphatic carbocycles. The predicted molar refractivity (Wildman–Crippen MR) is 46.2 cm³/mol. The van der Waals surface area contributed by atoms with Gasteiger partial charge in [-0.2, -0.15) is 5.21 Å². The smallest absolute Gasteiger partial charge is 0.550 e. The van der Waals surface area contributed by atoms with Crippen LogP contribution in [0.3, 0.4) is 0 Å². The molecule has 0 fully saturated rings. The Balaban J connectivity index is -0.0000000719. The number of tetrazole rings is 1. The van der Waals surface area contributed by atoms with Crippen LogP contribution < -0.4 is 15.3 Å². The Hall–Kier alpha value is -1.14. The molecule has 0 spiro atoms. The van der Waals surface area contributed by atoms with E-state index < -0.39 is 17.9 Å². The van der Waals surface area contributed by atoms with E-state index in [0.717, 1.165) is 20.8 Å². The standard InChI is InChI=1S/3C2H4O2.CH2N4.Ce/c3*1-2(3)4;1-2-4-5-3-1;/h3*1H3,(H,3,4);1H,(H,2,3,4,5);/q;;;;+3/p-3. The summed E-state index contributed by atoms with van der Waals surface area (Å²) in [6, 6.07) is 0. The van der Waals surface area contributed by atoms with Gasteiger partial charge in [-0.15, -0.1) is 10.2 Å². The van der Waals surface area contributed by atoms with Crippen molar-refractivity contribution in [3.05, 3.63) is 6.33 Å². The third kappa shape index (κ3) is 192. The first-order chi connectivity index (χ1) is 7.70. The molecule has 0 bridgehead atoms. The summed E-state index contributed by atoms with van der Waals surface area (Å²) in [6.45, 7) is 2.92. The fourth-order valence-corrected chi connectivity index (χ4v) is 0.129. The molecule has 10 nitrogen and oxygen atoms in total. The Bertz CT molecular complexity index is 247. The maximum atomic E-state index is 8.89. The summed E-state index contributed by atoms with van der Waals surface area (Å²) >= 11 is 0. The van der Waals surface area contributed by atoms with Crippen molar-refractivity contribution in [3.8, 4) is 0 Å². The molecule has 0 aromatic carbocycles. The number of aromatic amines is 1. The number of carbonyl (C=O) groups excluding carboxylic acids is 3. The normalized spacial score (nSPS) is 6.39. The summed E-state index contributed by atoms with van der Waals surface area (Å²) in [5, 5.41) is 38.8. The van der Waals surface area contributed by atoms with Crippen LogP contribution in [0, 0.1) is 41.7 Å². The van der Waals surface area contributed by atoms with Crippen molar-refractivity contribution in [2.24, 2.45) is 0 Å². The van der Waals surface area contributed by atoms with Crippen molar-refractivity contribution in [2.45, 2.75) is 20.8 Å². The molecule has 1 radical (unpaired) electrons. The average molecular weight is 387 g/mol. The summed E-state index contributed by atoms with van der Waals surface area (Å²) in [5.74, 6) is -3.25. The third-order valence-electron chi connectivity index (χ3n) is 0.270. The molecule has 0 aliphatic rings. The van der Waals surface area contributed by atoms with E-state index in [1.165, 1.54) is 6.33 Å². The van der Waals surface area contributed by atoms with Gasteiger partial charge >= 0.3 is 41.7 Å². The first-order valence-corrected chi connectivity index (χ1v) is 3.89. The molecule has 18 heavy (non-hydrogen) atoms. The number of aromatic nitrogens is 4. The van der Waals surface area contributed by atoms with Gasteiger partial charge in [0.25, 0.3) is 0 Å². The zero-order chi connectivity index (χ0) is 14.3. The van der Waals surface area contributed by atoms with Gasteiger partial charge < -0.3 is 29.7 Å². The van der Waals surface area contributed by atoms with Gasteiger partial charge in [-0.05, 0) is 20.8 Å². The van der Waals surface area contributed by atoms with Crippen molar-refractivity contribution in [3.63, 3.8) is 0 Å². The van der Waals surface area contributed by atoms with Crippen LogP contribution in [0.5, 0.6) is 0 Å². The van der Waals surface area contributed by atoms with E-state index in [2.05, 4.69) is 20.6 Å². The first-order valence-electron chi connectivity index (χ1n) is 3.89. The zero-order valence-corrected chi connectivity index (χ0v) is 13.0. The van der Waals surface area contributed by atoms with Crippen molar-refractivity contribution >= 4 is 17.9 Å². The number of H-pyrrole nitrogens is 1. The molecule has 1 heterocycles. The van der Waals surface area contributed by atoms with Crippen molar-refractivity contribution in [1.29, 1.82) is 0 Å². The number of nitrogens with zero attached hydrogens (tertiary/aromatic N) is 3. The first kappa shape index (κ1) is 25.6. The number of hydrogen-bond acceptors (Lipinski definition) is 9. The van der Waals surface area contributed by atoms with Crippen LogP contribution in [0.25, 0.3) is 0 Å². The number of carboxylic acids is 3. The third-order valence-corrected chi connectivity index (χ3v) is 0.270. The largest absolute Gasteiger partial charge is 3.00 e. The van der Waals surface area contributed by atoms with E-state index in [1.54, 1.807) is 0 Å². The minimum Gasteiger partial charge on any atom is -0.550 e. The average Bonchev–Trinajstić information content (AvgIpc) is 2.53. The van der Waals surface area contributed by atoms with Crippen LogP contribution in [-0.4, -0.2) is 38.5 Å². The van der Waals surface area contributed by atoms with Crippen molar-refractivity contribution < 1.29 is 71.5 Å². The second kappa shape index (κ2) is 21.2. The molecule has 1 N–H and O–H groups in total. The van der Waals surface area contributed by atoms with Gasteiger partial charge in [0.2, 0.25) is 0 Å². The maximum Gasteiger partial charge on any atom is 3.00 e. The van der Waals surface area contributed by atoms with Gasteiger partial charge in [-0.25, -0.2) is 0 Å². The number of hydrogen-bond donors (Lipinski definition) is 1. The van der Waals surface area contributed by atoms with Gasteiger partial charge in [-0.3, -0.25) is 0 Å². The molecule has 0 unspecified atom stereocenters. The second-order valence-electron chi connectivity index (χ2n) is 2.03. The fourth-order valence-electron chi connectivity index (χ4n) is 0.129. The Kier molecular flexibility index (Phi) is 30.2. The summed E-state index contributed by atoms with van der Waals surface area (Å²) in [7, 11) is 0. The topological polar surface area (TPSA) is 175 Å². The second-order valence-corrected chi connectivity index (χ2v) is 2.03. The molecule has 0 aliphatic heterocycles. The number of aliphatic carboxylic acids is 3. The van der Waals surface area contributed by atoms with E-state index in [9.17, 15) is 0 Å². The summed E-state index contributed by atoms with van der Waals surface area (Å²) in [6.07, 6.45) is 1.33. The van der Waals surface area contributed by atoms with Crippen LogP contribution in [0.1, 0.15) is 20.8 Å². The van der Waals surface area contributed by atoms with Gasteiger partial charge in [0.15, 0.2) is 6.33 Å². The maximum absolute atomic E-state index is 8.89. The molecule has 0 atom stereocenters. The van der Waals surface area contributed by atoms with Crippen LogP contribution >= 0.6 is 0 Å². The number of rotatable bonds is 0. The van der Waals surface area contributed by atoms with E-state index in [1.807, 2.05) is 0 Å². The molecule has 99 valence electrons. The van der Waals surface area contributed by atoms with Crippen LogP contribution in [-0.2, 0) is 14.4 Å². The predicted octanol–water partition coefficient (Wildman–Crippen LogP) is -4.53. The van der Waals surface area contributed by atoms with E-state index in [0.29, 0.717) is 0 Å². The monoisotopic (exact) mass is 387 g/mol. The van der Waals surface area contributed by atoms with E-state index in [4.69, 9.17) is 29.7 Å². The van der Waals surface area contributed by atoms with Gasteiger partial charge in [-0.1, -0.05) is 5.21 Å². The Morgan fingerprint density at radius 2 is 1.22 bits per heavy atom. The Labute approximate surface area is 136 Å². The van der Waals surface area contributed by atoms with Gasteiger partial charge in [0.1, 0.15) is 0 Å². The number of carbonyl (C=O) groups is 3. The SMILES string of the molecule is CC(=O)[O-].CC(=O)[O-].CC(=O)[O-].[Ce+3].c1nn[nH]n1. The van der Waals surface area contributed by atoms with Gasteiger partial charge in [0, 0.05) is 17.9 Å².